The molecule has 0 saturated carbocycles. The molecule has 2 amide bonds. The van der Waals surface area contributed by atoms with Gasteiger partial charge >= 0.3 is 0 Å². The minimum absolute atomic E-state index is 0.116. The third-order valence-electron chi connectivity index (χ3n) is 4.85. The number of para-hydroxylation sites is 1. The Morgan fingerprint density at radius 2 is 1.60 bits per heavy atom. The zero-order valence-electron chi connectivity index (χ0n) is 17.7. The van der Waals surface area contributed by atoms with Crippen LogP contribution in [0, 0.1) is 0 Å². The Balaban J connectivity index is 1.74. The monoisotopic (exact) mass is 406 g/mol. The third kappa shape index (κ3) is 4.89. The molecule has 6 nitrogen and oxygen atoms in total. The van der Waals surface area contributed by atoms with E-state index in [1.165, 1.54) is 4.90 Å². The summed E-state index contributed by atoms with van der Waals surface area (Å²) in [4.78, 5) is 27.9. The molecule has 0 aromatic heterocycles. The van der Waals surface area contributed by atoms with Gasteiger partial charge in [0.15, 0.2) is 6.61 Å². The molecule has 156 valence electrons. The first kappa shape index (κ1) is 21.2. The van der Waals surface area contributed by atoms with E-state index in [9.17, 15) is 9.59 Å². The quantitative estimate of drug-likeness (QED) is 0.602. The number of hydrogen-bond acceptors (Lipinski definition) is 4. The lowest BCUT2D eigenvalue weighted by atomic mass is 10.1. The van der Waals surface area contributed by atoms with Crippen LogP contribution in [-0.2, 0) is 11.3 Å². The smallest absolute Gasteiger partial charge is 0.259 e. The van der Waals surface area contributed by atoms with Crippen LogP contribution in [0.4, 0.5) is 0 Å². The SMILES string of the molecule is COc1ccc2cc(CN(C)C(=O)c3ccccc3OCC(=O)N(C)C)ccc2c1. The molecule has 0 aliphatic rings. The number of carbonyl (C=O) groups excluding carboxylic acids is 2. The Morgan fingerprint density at radius 1 is 0.900 bits per heavy atom. The Hall–Kier alpha value is -3.54. The standard InChI is InChI=1S/C24H26N2O4/c1-25(2)23(27)16-30-22-8-6-5-7-21(22)24(28)26(3)15-17-9-10-19-14-20(29-4)12-11-18(19)13-17/h5-14H,15-16H2,1-4H3. The van der Waals surface area contributed by atoms with Gasteiger partial charge in [-0.2, -0.15) is 0 Å². The van der Waals surface area contributed by atoms with Crippen molar-refractivity contribution in [1.82, 2.24) is 9.80 Å². The highest BCUT2D eigenvalue weighted by molar-refractivity contribution is 5.97. The van der Waals surface area contributed by atoms with Crippen LogP contribution in [0.2, 0.25) is 0 Å². The van der Waals surface area contributed by atoms with E-state index in [1.807, 2.05) is 30.3 Å². The second kappa shape index (κ2) is 9.31. The van der Waals surface area contributed by atoms with Gasteiger partial charge in [-0.15, -0.1) is 0 Å². The summed E-state index contributed by atoms with van der Waals surface area (Å²) in [6.07, 6.45) is 0. The molecule has 6 heteroatoms. The molecule has 0 fully saturated rings. The number of likely N-dealkylation sites (N-methyl/N-ethyl adjacent to an activating group) is 1. The van der Waals surface area contributed by atoms with Crippen LogP contribution in [-0.4, -0.2) is 56.5 Å². The molecule has 0 atom stereocenters. The van der Waals surface area contributed by atoms with E-state index in [4.69, 9.17) is 9.47 Å². The van der Waals surface area contributed by atoms with E-state index in [0.717, 1.165) is 22.1 Å². The fourth-order valence-electron chi connectivity index (χ4n) is 3.09. The van der Waals surface area contributed by atoms with Gasteiger partial charge in [0, 0.05) is 27.7 Å². The molecule has 3 aromatic carbocycles. The molecule has 0 aliphatic carbocycles. The fraction of sp³-hybridized carbons (Fsp3) is 0.250. The Labute approximate surface area is 176 Å². The second-order valence-corrected chi connectivity index (χ2v) is 7.28. The molecule has 30 heavy (non-hydrogen) atoms. The lowest BCUT2D eigenvalue weighted by molar-refractivity contribution is -0.130. The van der Waals surface area contributed by atoms with Crippen molar-refractivity contribution >= 4 is 22.6 Å². The highest BCUT2D eigenvalue weighted by Crippen LogP contribution is 2.24. The molecular weight excluding hydrogens is 380 g/mol. The summed E-state index contributed by atoms with van der Waals surface area (Å²) in [6, 6.07) is 19.0. The Morgan fingerprint density at radius 3 is 2.33 bits per heavy atom. The van der Waals surface area contributed by atoms with Crippen molar-refractivity contribution in [3.05, 3.63) is 71.8 Å². The van der Waals surface area contributed by atoms with E-state index in [1.54, 1.807) is 57.4 Å². The average Bonchev–Trinajstić information content (AvgIpc) is 2.76. The molecule has 0 N–H and O–H groups in total. The minimum atomic E-state index is -0.169. The first-order chi connectivity index (χ1) is 14.4. The zero-order chi connectivity index (χ0) is 21.7. The number of methoxy groups -OCH3 is 1. The van der Waals surface area contributed by atoms with Crippen LogP contribution in [0.1, 0.15) is 15.9 Å². The van der Waals surface area contributed by atoms with E-state index in [-0.39, 0.29) is 18.4 Å². The largest absolute Gasteiger partial charge is 0.497 e. The number of rotatable bonds is 7. The van der Waals surface area contributed by atoms with E-state index >= 15 is 0 Å². The van der Waals surface area contributed by atoms with Crippen molar-refractivity contribution in [3.63, 3.8) is 0 Å². The Bertz CT molecular complexity index is 1060. The van der Waals surface area contributed by atoms with Crippen LogP contribution >= 0.6 is 0 Å². The molecule has 3 rings (SSSR count). The molecule has 0 heterocycles. The molecular formula is C24H26N2O4. The summed E-state index contributed by atoms with van der Waals surface area (Å²) in [5.41, 5.74) is 1.45. The van der Waals surface area contributed by atoms with Gasteiger partial charge < -0.3 is 19.3 Å². The number of nitrogens with zero attached hydrogens (tertiary/aromatic N) is 2. The van der Waals surface area contributed by atoms with Gasteiger partial charge in [0.05, 0.1) is 12.7 Å². The summed E-state index contributed by atoms with van der Waals surface area (Å²) in [5, 5.41) is 2.16. The van der Waals surface area contributed by atoms with Crippen LogP contribution in [0.5, 0.6) is 11.5 Å². The minimum Gasteiger partial charge on any atom is -0.497 e. The molecule has 0 unspecified atom stereocenters. The van der Waals surface area contributed by atoms with Crippen molar-refractivity contribution in [2.75, 3.05) is 34.9 Å². The van der Waals surface area contributed by atoms with E-state index < -0.39 is 0 Å². The topological polar surface area (TPSA) is 59.1 Å². The van der Waals surface area contributed by atoms with Gasteiger partial charge in [-0.25, -0.2) is 0 Å². The second-order valence-electron chi connectivity index (χ2n) is 7.28. The number of hydrogen-bond donors (Lipinski definition) is 0. The van der Waals surface area contributed by atoms with Gasteiger partial charge in [-0.1, -0.05) is 30.3 Å². The highest BCUT2D eigenvalue weighted by atomic mass is 16.5. The van der Waals surface area contributed by atoms with Crippen molar-refractivity contribution in [3.8, 4) is 11.5 Å². The van der Waals surface area contributed by atoms with Crippen molar-refractivity contribution in [1.29, 1.82) is 0 Å². The highest BCUT2D eigenvalue weighted by Gasteiger charge is 2.18. The summed E-state index contributed by atoms with van der Waals surface area (Å²) in [5.74, 6) is 0.873. The molecule has 3 aromatic rings. The maximum absolute atomic E-state index is 13.0. The summed E-state index contributed by atoms with van der Waals surface area (Å²) < 4.78 is 10.9. The van der Waals surface area contributed by atoms with Gasteiger partial charge in [0.25, 0.3) is 11.8 Å². The molecule has 0 saturated heterocycles. The van der Waals surface area contributed by atoms with Crippen molar-refractivity contribution < 1.29 is 19.1 Å². The van der Waals surface area contributed by atoms with Gasteiger partial charge in [-0.05, 0) is 46.7 Å². The van der Waals surface area contributed by atoms with Crippen molar-refractivity contribution in [2.45, 2.75) is 6.54 Å². The van der Waals surface area contributed by atoms with Crippen LogP contribution < -0.4 is 9.47 Å². The summed E-state index contributed by atoms with van der Waals surface area (Å²) in [6.45, 7) is 0.334. The van der Waals surface area contributed by atoms with Crippen LogP contribution in [0.3, 0.4) is 0 Å². The van der Waals surface area contributed by atoms with Crippen LogP contribution in [0.25, 0.3) is 10.8 Å². The maximum Gasteiger partial charge on any atom is 0.259 e. The summed E-state index contributed by atoms with van der Waals surface area (Å²) in [7, 11) is 6.72. The molecule has 0 radical (unpaired) electrons. The number of carbonyl (C=O) groups is 2. The predicted octanol–water partition coefficient (Wildman–Crippen LogP) is 3.59. The van der Waals surface area contributed by atoms with Gasteiger partial charge in [0.1, 0.15) is 11.5 Å². The normalized spacial score (nSPS) is 10.5. The molecule has 0 bridgehead atoms. The number of ether oxygens (including phenoxy) is 2. The molecule has 0 aliphatic heterocycles. The third-order valence-corrected chi connectivity index (χ3v) is 4.85. The van der Waals surface area contributed by atoms with Gasteiger partial charge in [-0.3, -0.25) is 9.59 Å². The lowest BCUT2D eigenvalue weighted by Crippen LogP contribution is -2.29. The first-order valence-corrected chi connectivity index (χ1v) is 9.63. The van der Waals surface area contributed by atoms with Gasteiger partial charge in [0.2, 0.25) is 0 Å². The average molecular weight is 406 g/mol. The molecule has 0 spiro atoms. The van der Waals surface area contributed by atoms with E-state index in [0.29, 0.717) is 17.9 Å². The first-order valence-electron chi connectivity index (χ1n) is 9.63. The number of benzene rings is 3. The maximum atomic E-state index is 13.0. The van der Waals surface area contributed by atoms with Crippen LogP contribution in [0.15, 0.2) is 60.7 Å². The fourth-order valence-corrected chi connectivity index (χ4v) is 3.09. The number of amides is 2. The summed E-state index contributed by atoms with van der Waals surface area (Å²) >= 11 is 0. The predicted molar refractivity (Wildman–Crippen MR) is 117 cm³/mol. The number of fused-ring (bicyclic) bond motifs is 1. The lowest BCUT2D eigenvalue weighted by Gasteiger charge is -2.20. The Kier molecular flexibility index (Phi) is 6.57. The van der Waals surface area contributed by atoms with E-state index in [2.05, 4.69) is 6.07 Å². The van der Waals surface area contributed by atoms with Crippen molar-refractivity contribution in [2.24, 2.45) is 0 Å². The zero-order valence-corrected chi connectivity index (χ0v) is 17.7.